The van der Waals surface area contributed by atoms with Crippen molar-refractivity contribution < 1.29 is 4.74 Å². The molecular formula is C16H23NOS. The first kappa shape index (κ1) is 14.5. The Bertz CT molecular complexity index is 527. The summed E-state index contributed by atoms with van der Waals surface area (Å²) in [5, 5.41) is 7.01. The maximum absolute atomic E-state index is 5.97. The van der Waals surface area contributed by atoms with E-state index in [-0.39, 0.29) is 11.6 Å². The molecule has 0 fully saturated rings. The molecule has 0 spiro atoms. The molecule has 3 heteroatoms. The number of ether oxygens (including phenoxy) is 1. The SMILES string of the molecule is CCNC(COC(C)(C)C)c1cccc2ccsc12. The zero-order valence-corrected chi connectivity index (χ0v) is 13.0. The molecule has 2 rings (SSSR count). The van der Waals surface area contributed by atoms with Gasteiger partial charge in [0.05, 0.1) is 18.2 Å². The Hall–Kier alpha value is -0.900. The fourth-order valence-electron chi connectivity index (χ4n) is 2.13. The molecule has 1 atom stereocenters. The van der Waals surface area contributed by atoms with E-state index in [2.05, 4.69) is 62.7 Å². The molecule has 19 heavy (non-hydrogen) atoms. The molecule has 1 heterocycles. The largest absolute Gasteiger partial charge is 0.374 e. The van der Waals surface area contributed by atoms with Crippen LogP contribution in [0.2, 0.25) is 0 Å². The average Bonchev–Trinajstić information content (AvgIpc) is 2.81. The van der Waals surface area contributed by atoms with E-state index >= 15 is 0 Å². The van der Waals surface area contributed by atoms with Gasteiger partial charge in [0.2, 0.25) is 0 Å². The molecule has 1 N–H and O–H groups in total. The van der Waals surface area contributed by atoms with E-state index < -0.39 is 0 Å². The molecule has 0 bridgehead atoms. The standard InChI is InChI=1S/C16H23NOS/c1-5-17-14(11-18-16(2,3)4)13-8-6-7-12-9-10-19-15(12)13/h6-10,14,17H,5,11H2,1-4H3. The minimum atomic E-state index is -0.100. The predicted octanol–water partition coefficient (Wildman–Crippen LogP) is 4.37. The van der Waals surface area contributed by atoms with Gasteiger partial charge in [-0.25, -0.2) is 0 Å². The molecule has 0 saturated heterocycles. The van der Waals surface area contributed by atoms with Gasteiger partial charge in [0.25, 0.3) is 0 Å². The highest BCUT2D eigenvalue weighted by Crippen LogP contribution is 2.29. The van der Waals surface area contributed by atoms with E-state index in [0.29, 0.717) is 6.61 Å². The highest BCUT2D eigenvalue weighted by atomic mass is 32.1. The zero-order valence-electron chi connectivity index (χ0n) is 12.2. The Balaban J connectivity index is 2.25. The third-order valence-corrected chi connectivity index (χ3v) is 4.00. The van der Waals surface area contributed by atoms with Gasteiger partial charge in [0, 0.05) is 4.70 Å². The number of thiophene rings is 1. The van der Waals surface area contributed by atoms with E-state index in [1.807, 2.05) is 0 Å². The molecule has 0 aliphatic carbocycles. The topological polar surface area (TPSA) is 21.3 Å². The molecule has 0 saturated carbocycles. The van der Waals surface area contributed by atoms with Crippen LogP contribution in [0, 0.1) is 0 Å². The maximum atomic E-state index is 5.97. The first-order valence-electron chi connectivity index (χ1n) is 6.84. The highest BCUT2D eigenvalue weighted by Gasteiger charge is 2.18. The van der Waals surface area contributed by atoms with Gasteiger partial charge in [-0.3, -0.25) is 0 Å². The molecule has 1 aromatic heterocycles. The number of benzene rings is 1. The van der Waals surface area contributed by atoms with Crippen LogP contribution in [0.4, 0.5) is 0 Å². The van der Waals surface area contributed by atoms with Crippen molar-refractivity contribution in [2.24, 2.45) is 0 Å². The van der Waals surface area contributed by atoms with E-state index in [4.69, 9.17) is 4.74 Å². The van der Waals surface area contributed by atoms with Crippen LogP contribution in [-0.2, 0) is 4.74 Å². The lowest BCUT2D eigenvalue weighted by Crippen LogP contribution is -2.30. The molecule has 1 unspecified atom stereocenters. The molecule has 0 aliphatic rings. The van der Waals surface area contributed by atoms with E-state index in [1.165, 1.54) is 15.6 Å². The van der Waals surface area contributed by atoms with Crippen LogP contribution in [0.1, 0.15) is 39.3 Å². The van der Waals surface area contributed by atoms with Gasteiger partial charge in [-0.2, -0.15) is 0 Å². The number of nitrogens with one attached hydrogen (secondary N) is 1. The van der Waals surface area contributed by atoms with Crippen LogP contribution < -0.4 is 5.32 Å². The fraction of sp³-hybridized carbons (Fsp3) is 0.500. The average molecular weight is 277 g/mol. The van der Waals surface area contributed by atoms with Gasteiger partial charge >= 0.3 is 0 Å². The third-order valence-electron chi connectivity index (χ3n) is 3.02. The monoisotopic (exact) mass is 277 g/mol. The second-order valence-electron chi connectivity index (χ2n) is 5.72. The molecule has 2 nitrogen and oxygen atoms in total. The second kappa shape index (κ2) is 6.04. The van der Waals surface area contributed by atoms with Crippen LogP contribution in [-0.4, -0.2) is 18.8 Å². The predicted molar refractivity (Wildman–Crippen MR) is 83.9 cm³/mol. The van der Waals surface area contributed by atoms with Crippen LogP contribution in [0.5, 0.6) is 0 Å². The summed E-state index contributed by atoms with van der Waals surface area (Å²) in [6, 6.07) is 8.94. The molecule has 1 aromatic carbocycles. The second-order valence-corrected chi connectivity index (χ2v) is 6.64. The highest BCUT2D eigenvalue weighted by molar-refractivity contribution is 7.17. The minimum Gasteiger partial charge on any atom is -0.374 e. The Labute approximate surface area is 119 Å². The number of fused-ring (bicyclic) bond motifs is 1. The molecule has 0 amide bonds. The Morgan fingerprint density at radius 3 is 2.74 bits per heavy atom. The quantitative estimate of drug-likeness (QED) is 0.876. The first-order chi connectivity index (χ1) is 9.01. The summed E-state index contributed by atoms with van der Waals surface area (Å²) in [6.07, 6.45) is 0. The van der Waals surface area contributed by atoms with Crippen molar-refractivity contribution >= 4 is 21.4 Å². The van der Waals surface area contributed by atoms with Crippen molar-refractivity contribution in [1.29, 1.82) is 0 Å². The van der Waals surface area contributed by atoms with Crippen LogP contribution in [0.15, 0.2) is 29.6 Å². The molecule has 0 aliphatic heterocycles. The lowest BCUT2D eigenvalue weighted by molar-refractivity contribution is -0.0144. The smallest absolute Gasteiger partial charge is 0.0669 e. The Kier molecular flexibility index (Phi) is 4.61. The number of hydrogen-bond donors (Lipinski definition) is 1. The van der Waals surface area contributed by atoms with E-state index in [0.717, 1.165) is 6.54 Å². The Morgan fingerprint density at radius 2 is 2.05 bits per heavy atom. The number of hydrogen-bond acceptors (Lipinski definition) is 3. The van der Waals surface area contributed by atoms with Crippen LogP contribution >= 0.6 is 11.3 Å². The van der Waals surface area contributed by atoms with Crippen molar-refractivity contribution in [3.63, 3.8) is 0 Å². The summed E-state index contributed by atoms with van der Waals surface area (Å²) in [5.41, 5.74) is 1.25. The molecule has 2 aromatic rings. The van der Waals surface area contributed by atoms with Gasteiger partial charge in [-0.1, -0.05) is 25.1 Å². The first-order valence-corrected chi connectivity index (χ1v) is 7.72. The summed E-state index contributed by atoms with van der Waals surface area (Å²) < 4.78 is 7.33. The van der Waals surface area contributed by atoms with Gasteiger partial charge in [-0.15, -0.1) is 11.3 Å². The van der Waals surface area contributed by atoms with Crippen LogP contribution in [0.25, 0.3) is 10.1 Å². The summed E-state index contributed by atoms with van der Waals surface area (Å²) >= 11 is 1.81. The number of rotatable bonds is 5. The summed E-state index contributed by atoms with van der Waals surface area (Å²) in [5.74, 6) is 0. The molecule has 104 valence electrons. The summed E-state index contributed by atoms with van der Waals surface area (Å²) in [4.78, 5) is 0. The van der Waals surface area contributed by atoms with Crippen molar-refractivity contribution in [3.05, 3.63) is 35.2 Å². The van der Waals surface area contributed by atoms with Crippen molar-refractivity contribution in [2.45, 2.75) is 39.3 Å². The summed E-state index contributed by atoms with van der Waals surface area (Å²) in [7, 11) is 0. The number of likely N-dealkylation sites (N-methyl/N-ethyl adjacent to an activating group) is 1. The van der Waals surface area contributed by atoms with Gasteiger partial charge in [0.1, 0.15) is 0 Å². The van der Waals surface area contributed by atoms with Crippen molar-refractivity contribution in [2.75, 3.05) is 13.2 Å². The molecular weight excluding hydrogens is 254 g/mol. The third kappa shape index (κ3) is 3.78. The normalized spacial score (nSPS) is 13.9. The van der Waals surface area contributed by atoms with Gasteiger partial charge in [-0.05, 0) is 49.7 Å². The van der Waals surface area contributed by atoms with Crippen molar-refractivity contribution in [3.8, 4) is 0 Å². The molecule has 0 radical (unpaired) electrons. The van der Waals surface area contributed by atoms with Crippen LogP contribution in [0.3, 0.4) is 0 Å². The Morgan fingerprint density at radius 1 is 1.26 bits per heavy atom. The van der Waals surface area contributed by atoms with E-state index in [9.17, 15) is 0 Å². The fourth-order valence-corrected chi connectivity index (χ4v) is 3.10. The van der Waals surface area contributed by atoms with E-state index in [1.54, 1.807) is 11.3 Å². The lowest BCUT2D eigenvalue weighted by atomic mass is 10.1. The summed E-state index contributed by atoms with van der Waals surface area (Å²) in [6.45, 7) is 10.1. The lowest BCUT2D eigenvalue weighted by Gasteiger charge is -2.25. The zero-order chi connectivity index (χ0) is 13.9. The van der Waals surface area contributed by atoms with Gasteiger partial charge < -0.3 is 10.1 Å². The maximum Gasteiger partial charge on any atom is 0.0669 e. The van der Waals surface area contributed by atoms with Crippen molar-refractivity contribution in [1.82, 2.24) is 5.32 Å². The van der Waals surface area contributed by atoms with Gasteiger partial charge in [0.15, 0.2) is 0 Å². The minimum absolute atomic E-state index is 0.100.